The van der Waals surface area contributed by atoms with E-state index in [4.69, 9.17) is 27.2 Å². The van der Waals surface area contributed by atoms with Gasteiger partial charge in [0.25, 0.3) is 0 Å². The van der Waals surface area contributed by atoms with Crippen LogP contribution < -0.4 is 4.90 Å². The van der Waals surface area contributed by atoms with Crippen molar-refractivity contribution in [3.63, 3.8) is 0 Å². The molecule has 2 rings (SSSR count). The summed E-state index contributed by atoms with van der Waals surface area (Å²) in [5, 5.41) is 0. The molecule has 2 fully saturated rings. The first-order valence-corrected chi connectivity index (χ1v) is 24.9. The molecule has 13 nitrogen and oxygen atoms in total. The monoisotopic (exact) mass is 830 g/mol. The average Bonchev–Trinajstić information content (AvgIpc) is 3.10. The van der Waals surface area contributed by atoms with Gasteiger partial charge >= 0.3 is 12.1 Å². The molecule has 0 aliphatic carbocycles. The van der Waals surface area contributed by atoms with Crippen molar-refractivity contribution in [3.8, 4) is 0 Å². The van der Waals surface area contributed by atoms with E-state index in [9.17, 15) is 18.0 Å². The molecule has 0 atom stereocenters. The van der Waals surface area contributed by atoms with Crippen LogP contribution in [0.2, 0.25) is 0 Å². The minimum atomic E-state index is -3.92. The van der Waals surface area contributed by atoms with Crippen LogP contribution in [-0.2, 0) is 39.0 Å². The van der Waals surface area contributed by atoms with Crippen LogP contribution in [0.3, 0.4) is 0 Å². The van der Waals surface area contributed by atoms with Gasteiger partial charge in [-0.1, -0.05) is 96.8 Å². The lowest BCUT2D eigenvalue weighted by Gasteiger charge is -2.29. The third-order valence-electron chi connectivity index (χ3n) is 9.25. The molecule has 1 amide bonds. The predicted molar refractivity (Wildman–Crippen MR) is 222 cm³/mol. The summed E-state index contributed by atoms with van der Waals surface area (Å²) in [6, 6.07) is 0. The first-order chi connectivity index (χ1) is 25.9. The van der Waals surface area contributed by atoms with Crippen molar-refractivity contribution in [3.05, 3.63) is 0 Å². The van der Waals surface area contributed by atoms with E-state index >= 15 is 0 Å². The van der Waals surface area contributed by atoms with Gasteiger partial charge in [-0.15, -0.1) is 0 Å². The van der Waals surface area contributed by atoms with Crippen molar-refractivity contribution >= 4 is 32.0 Å². The van der Waals surface area contributed by atoms with Crippen LogP contribution in [0.5, 0.6) is 0 Å². The Kier molecular flexibility index (Phi) is 34.9. The summed E-state index contributed by atoms with van der Waals surface area (Å²) in [4.78, 5) is 28.7. The maximum absolute atomic E-state index is 11.8. The average molecular weight is 830 g/mol. The van der Waals surface area contributed by atoms with Crippen molar-refractivity contribution in [1.82, 2.24) is 9.80 Å². The molecule has 2 aliphatic rings. The van der Waals surface area contributed by atoms with E-state index in [0.29, 0.717) is 19.3 Å². The van der Waals surface area contributed by atoms with Gasteiger partial charge in [0, 0.05) is 45.4 Å². The number of morpholine rings is 1. The van der Waals surface area contributed by atoms with Gasteiger partial charge in [-0.2, -0.15) is 0 Å². The maximum Gasteiger partial charge on any atom is 0.410 e. The quantitative estimate of drug-likeness (QED) is 0.0789. The highest BCUT2D eigenvalue weighted by molar-refractivity contribution is 7.91. The Morgan fingerprint density at radius 1 is 0.727 bits per heavy atom. The van der Waals surface area contributed by atoms with Crippen LogP contribution in [0.15, 0.2) is 0 Å². The van der Waals surface area contributed by atoms with Crippen LogP contribution in [0.25, 0.3) is 0 Å². The molecule has 0 aromatic rings. The molecular formula is C40H83N3O10S2. The van der Waals surface area contributed by atoms with Crippen LogP contribution in [-0.4, -0.2) is 139 Å². The van der Waals surface area contributed by atoms with Crippen molar-refractivity contribution < 1.29 is 50.1 Å². The second-order valence-electron chi connectivity index (χ2n) is 15.5. The van der Waals surface area contributed by atoms with Gasteiger partial charge in [-0.25, -0.2) is 21.6 Å². The molecule has 2 saturated heterocycles. The summed E-state index contributed by atoms with van der Waals surface area (Å²) in [7, 11) is -6.86. The minimum absolute atomic E-state index is 0.0250. The molecule has 55 heavy (non-hydrogen) atoms. The molecular weight excluding hydrogens is 747 g/mol. The zero-order chi connectivity index (χ0) is 42.0. The molecule has 0 unspecified atom stereocenters. The van der Waals surface area contributed by atoms with Gasteiger partial charge < -0.3 is 28.6 Å². The highest BCUT2D eigenvalue weighted by atomic mass is 32.2. The topological polar surface area (TPSA) is 164 Å². The number of quaternary nitrogens is 1. The zero-order valence-corrected chi connectivity index (χ0v) is 37.9. The summed E-state index contributed by atoms with van der Waals surface area (Å²) >= 11 is 0. The number of hydrogen-bond donors (Lipinski definition) is 1. The molecule has 2 heterocycles. The van der Waals surface area contributed by atoms with E-state index in [1.165, 1.54) is 108 Å². The van der Waals surface area contributed by atoms with Gasteiger partial charge in [0.15, 0.2) is 9.84 Å². The third kappa shape index (κ3) is 41.9. The lowest BCUT2D eigenvalue weighted by atomic mass is 10.0. The third-order valence-corrected chi connectivity index (χ3v) is 10.9. The highest BCUT2D eigenvalue weighted by Gasteiger charge is 2.28. The fourth-order valence-corrected chi connectivity index (χ4v) is 7.00. The van der Waals surface area contributed by atoms with Crippen molar-refractivity contribution in [2.75, 3.05) is 89.9 Å². The number of rotatable bonds is 22. The first kappa shape index (κ1) is 55.6. The maximum atomic E-state index is 11.8. The number of ether oxygens (including phenoxy) is 3. The minimum Gasteiger partial charge on any atom is -0.748 e. The van der Waals surface area contributed by atoms with E-state index in [1.54, 1.807) is 25.7 Å². The summed E-state index contributed by atoms with van der Waals surface area (Å²) in [6.07, 6.45) is 21.0. The van der Waals surface area contributed by atoms with E-state index in [2.05, 4.69) is 32.6 Å². The number of sulfone groups is 1. The molecule has 0 saturated carbocycles. The van der Waals surface area contributed by atoms with Gasteiger partial charge in [0.2, 0.25) is 0 Å². The number of nitrogens with zero attached hydrogens (tertiary/aromatic N) is 2. The SMILES string of the molecule is CC(C)(C)OC(=O)N1CCS(=O)(=O)CC1.CCCCCCCCCCCCCCCCCC(=O)OCCN1CCOCC1.CC[NH+](CC)CC.CS(=O)(=O)[O-]. The number of esters is 1. The highest BCUT2D eigenvalue weighted by Crippen LogP contribution is 2.14. The van der Waals surface area contributed by atoms with Crippen molar-refractivity contribution in [1.29, 1.82) is 0 Å². The molecule has 0 bridgehead atoms. The Labute approximate surface area is 337 Å². The van der Waals surface area contributed by atoms with Crippen LogP contribution >= 0.6 is 0 Å². The Morgan fingerprint density at radius 2 is 1.13 bits per heavy atom. The van der Waals surface area contributed by atoms with E-state index in [1.807, 2.05) is 0 Å². The summed E-state index contributed by atoms with van der Waals surface area (Å²) in [6.45, 7) is 23.5. The van der Waals surface area contributed by atoms with Crippen molar-refractivity contribution in [2.24, 2.45) is 0 Å². The Hall–Kier alpha value is -1.52. The van der Waals surface area contributed by atoms with Crippen molar-refractivity contribution in [2.45, 2.75) is 157 Å². The largest absolute Gasteiger partial charge is 0.748 e. The number of nitrogens with one attached hydrogen (secondary N) is 1. The molecule has 15 heteroatoms. The van der Waals surface area contributed by atoms with Crippen LogP contribution in [0, 0.1) is 0 Å². The summed E-state index contributed by atoms with van der Waals surface area (Å²) in [5.41, 5.74) is -0.534. The van der Waals surface area contributed by atoms with Gasteiger partial charge in [-0.3, -0.25) is 9.69 Å². The lowest BCUT2D eigenvalue weighted by Crippen LogP contribution is -3.11. The molecule has 0 spiro atoms. The fraction of sp³-hybridized carbons (Fsp3) is 0.950. The van der Waals surface area contributed by atoms with Gasteiger partial charge in [0.1, 0.15) is 12.2 Å². The van der Waals surface area contributed by atoms with Gasteiger partial charge in [-0.05, 0) is 48.0 Å². The first-order valence-electron chi connectivity index (χ1n) is 21.3. The smallest absolute Gasteiger partial charge is 0.410 e. The Bertz CT molecular complexity index is 1110. The summed E-state index contributed by atoms with van der Waals surface area (Å²) < 4.78 is 65.3. The second-order valence-corrected chi connectivity index (χ2v) is 19.2. The number of carbonyl (C=O) groups excluding carboxylic acids is 2. The molecule has 1 N–H and O–H groups in total. The van der Waals surface area contributed by atoms with Gasteiger partial charge in [0.05, 0.1) is 54.5 Å². The number of unbranched alkanes of at least 4 members (excludes halogenated alkanes) is 14. The molecule has 330 valence electrons. The Morgan fingerprint density at radius 3 is 1.49 bits per heavy atom. The normalized spacial score (nSPS) is 15.8. The van der Waals surface area contributed by atoms with E-state index in [-0.39, 0.29) is 30.6 Å². The fourth-order valence-electron chi connectivity index (χ4n) is 5.80. The lowest BCUT2D eigenvalue weighted by molar-refractivity contribution is -0.894. The summed E-state index contributed by atoms with van der Waals surface area (Å²) in [5.74, 6) is 0.0429. The van der Waals surface area contributed by atoms with E-state index < -0.39 is 31.6 Å². The number of amides is 1. The predicted octanol–water partition coefficient (Wildman–Crippen LogP) is 5.87. The molecule has 0 aromatic carbocycles. The molecule has 0 radical (unpaired) electrons. The second kappa shape index (κ2) is 34.5. The number of carbonyl (C=O) groups is 2. The molecule has 0 aromatic heterocycles. The zero-order valence-electron chi connectivity index (χ0n) is 36.3. The van der Waals surface area contributed by atoms with E-state index in [0.717, 1.165) is 45.7 Å². The Balaban J connectivity index is 0. The number of hydrogen-bond acceptors (Lipinski definition) is 11. The molecule has 2 aliphatic heterocycles. The van der Waals surface area contributed by atoms with Crippen LogP contribution in [0.4, 0.5) is 4.79 Å². The van der Waals surface area contributed by atoms with Crippen LogP contribution in [0.1, 0.15) is 151 Å². The standard InChI is InChI=1S/C24H47NO3.C9H17NO4S.C6H15N.CH4O3S/c1-2-3-4-5-6-7-8-9-10-11-12-13-14-15-16-17-24(26)28-23-20-25-18-21-27-22-19-25;1-9(2,3)14-8(11)10-4-6-15(12,13)7-5-10;1-4-7(5-2)6-3;1-5(2,3)4/h2-23H2,1H3;4-7H2,1-3H3;4-6H2,1-3H3;1H3,(H,2,3,4).